The van der Waals surface area contributed by atoms with Crippen molar-refractivity contribution in [3.8, 4) is 0 Å². The summed E-state index contributed by atoms with van der Waals surface area (Å²) in [4.78, 5) is 14.6. The monoisotopic (exact) mass is 307 g/mol. The number of rotatable bonds is 3. The molecule has 2 nitrogen and oxygen atoms in total. The second-order valence-corrected chi connectivity index (χ2v) is 7.40. The Morgan fingerprint density at radius 3 is 2.50 bits per heavy atom. The summed E-state index contributed by atoms with van der Waals surface area (Å²) in [5.41, 5.74) is 0.766. The molecular weight excluding hydrogens is 286 g/mol. The van der Waals surface area contributed by atoms with Gasteiger partial charge in [-0.3, -0.25) is 4.79 Å². The molecular formula is C16H21NOS2. The normalized spacial score (nSPS) is 17.8. The van der Waals surface area contributed by atoms with Crippen molar-refractivity contribution in [3.63, 3.8) is 0 Å². The van der Waals surface area contributed by atoms with Crippen LogP contribution in [-0.2, 0) is 0 Å². The lowest BCUT2D eigenvalue weighted by Crippen LogP contribution is -2.36. The Morgan fingerprint density at radius 2 is 1.90 bits per heavy atom. The Bertz CT molecular complexity index is 467. The van der Waals surface area contributed by atoms with Gasteiger partial charge in [0, 0.05) is 18.7 Å². The topological polar surface area (TPSA) is 20.3 Å². The number of Topliss-reactive ketones (excluding diaryl/α,β-unsaturated/α-hetero) is 1. The van der Waals surface area contributed by atoms with Gasteiger partial charge in [-0.25, -0.2) is 0 Å². The first-order valence-corrected chi connectivity index (χ1v) is 8.41. The second kappa shape index (κ2) is 7.23. The van der Waals surface area contributed by atoms with Crippen molar-refractivity contribution >= 4 is 34.1 Å². The van der Waals surface area contributed by atoms with Crippen LogP contribution in [0.1, 0.15) is 37.0 Å². The SMILES string of the molecule is CC1CCN(C(=S)SC(C)C(=O)c2ccccc2)CC1. The van der Waals surface area contributed by atoms with Gasteiger partial charge in [0.25, 0.3) is 0 Å². The highest BCUT2D eigenvalue weighted by Crippen LogP contribution is 2.24. The molecule has 0 bridgehead atoms. The van der Waals surface area contributed by atoms with Crippen molar-refractivity contribution in [3.05, 3.63) is 35.9 Å². The average molecular weight is 307 g/mol. The molecule has 0 spiro atoms. The summed E-state index contributed by atoms with van der Waals surface area (Å²) in [6, 6.07) is 9.45. The molecule has 1 aliphatic rings. The molecule has 1 aliphatic heterocycles. The van der Waals surface area contributed by atoms with E-state index >= 15 is 0 Å². The minimum atomic E-state index is -0.121. The van der Waals surface area contributed by atoms with Crippen LogP contribution in [-0.4, -0.2) is 33.3 Å². The summed E-state index contributed by atoms with van der Waals surface area (Å²) in [7, 11) is 0. The molecule has 0 aliphatic carbocycles. The highest BCUT2D eigenvalue weighted by molar-refractivity contribution is 8.23. The van der Waals surface area contributed by atoms with Gasteiger partial charge in [-0.05, 0) is 25.7 Å². The Kier molecular flexibility index (Phi) is 5.61. The maximum Gasteiger partial charge on any atom is 0.175 e. The maximum absolute atomic E-state index is 12.3. The number of benzene rings is 1. The van der Waals surface area contributed by atoms with Crippen LogP contribution in [0.2, 0.25) is 0 Å². The van der Waals surface area contributed by atoms with E-state index in [9.17, 15) is 4.79 Å². The molecule has 1 heterocycles. The van der Waals surface area contributed by atoms with Crippen LogP contribution in [0.15, 0.2) is 30.3 Å². The molecule has 0 saturated carbocycles. The third kappa shape index (κ3) is 4.06. The lowest BCUT2D eigenvalue weighted by molar-refractivity contribution is 0.0994. The predicted molar refractivity (Wildman–Crippen MR) is 90.4 cm³/mol. The minimum Gasteiger partial charge on any atom is -0.357 e. The van der Waals surface area contributed by atoms with Gasteiger partial charge >= 0.3 is 0 Å². The van der Waals surface area contributed by atoms with Gasteiger partial charge < -0.3 is 4.90 Å². The van der Waals surface area contributed by atoms with Crippen LogP contribution in [0.5, 0.6) is 0 Å². The highest BCUT2D eigenvalue weighted by atomic mass is 32.2. The first-order chi connectivity index (χ1) is 9.58. The molecule has 108 valence electrons. The van der Waals surface area contributed by atoms with E-state index in [2.05, 4.69) is 11.8 Å². The summed E-state index contributed by atoms with van der Waals surface area (Å²) in [6.45, 7) is 6.28. The Balaban J connectivity index is 1.89. The number of thiocarbonyl (C=S) groups is 1. The lowest BCUT2D eigenvalue weighted by Gasteiger charge is -2.32. The van der Waals surface area contributed by atoms with Gasteiger partial charge in [-0.15, -0.1) is 0 Å². The number of carbonyl (C=O) groups excluding carboxylic acids is 1. The molecule has 1 fully saturated rings. The molecule has 0 amide bonds. The van der Waals surface area contributed by atoms with Crippen molar-refractivity contribution in [1.82, 2.24) is 4.90 Å². The van der Waals surface area contributed by atoms with Crippen molar-refractivity contribution in [2.75, 3.05) is 13.1 Å². The van der Waals surface area contributed by atoms with E-state index in [1.54, 1.807) is 0 Å². The summed E-state index contributed by atoms with van der Waals surface area (Å²) in [5.74, 6) is 0.950. The van der Waals surface area contributed by atoms with Crippen LogP contribution >= 0.6 is 24.0 Å². The zero-order valence-corrected chi connectivity index (χ0v) is 13.7. The maximum atomic E-state index is 12.3. The Labute approximate surface area is 130 Å². The molecule has 4 heteroatoms. The number of piperidine rings is 1. The highest BCUT2D eigenvalue weighted by Gasteiger charge is 2.22. The summed E-state index contributed by atoms with van der Waals surface area (Å²) >= 11 is 7.01. The zero-order chi connectivity index (χ0) is 14.5. The van der Waals surface area contributed by atoms with Crippen molar-refractivity contribution < 1.29 is 4.79 Å². The van der Waals surface area contributed by atoms with Gasteiger partial charge in [0.2, 0.25) is 0 Å². The molecule has 1 atom stereocenters. The van der Waals surface area contributed by atoms with E-state index in [1.807, 2.05) is 37.3 Å². The fourth-order valence-corrected chi connectivity index (χ4v) is 3.80. The number of hydrogen-bond acceptors (Lipinski definition) is 3. The van der Waals surface area contributed by atoms with Gasteiger partial charge in [0.15, 0.2) is 5.78 Å². The first kappa shape index (κ1) is 15.5. The molecule has 1 unspecified atom stereocenters. The lowest BCUT2D eigenvalue weighted by atomic mass is 10.00. The molecule has 1 aromatic carbocycles. The minimum absolute atomic E-state index is 0.121. The third-order valence-corrected chi connectivity index (χ3v) is 5.32. The van der Waals surface area contributed by atoms with Crippen LogP contribution < -0.4 is 0 Å². The molecule has 20 heavy (non-hydrogen) atoms. The largest absolute Gasteiger partial charge is 0.357 e. The molecule has 2 rings (SSSR count). The number of ketones is 1. The van der Waals surface area contributed by atoms with Crippen LogP contribution in [0.4, 0.5) is 0 Å². The van der Waals surface area contributed by atoms with E-state index in [1.165, 1.54) is 24.6 Å². The Morgan fingerprint density at radius 1 is 1.30 bits per heavy atom. The van der Waals surface area contributed by atoms with E-state index in [-0.39, 0.29) is 11.0 Å². The smallest absolute Gasteiger partial charge is 0.175 e. The van der Waals surface area contributed by atoms with E-state index in [0.717, 1.165) is 28.9 Å². The first-order valence-electron chi connectivity index (χ1n) is 7.12. The van der Waals surface area contributed by atoms with Crippen molar-refractivity contribution in [2.45, 2.75) is 31.9 Å². The third-order valence-electron chi connectivity index (χ3n) is 3.75. The average Bonchev–Trinajstić information content (AvgIpc) is 2.48. The number of likely N-dealkylation sites (tertiary alicyclic amines) is 1. The van der Waals surface area contributed by atoms with Gasteiger partial charge in [-0.1, -0.05) is 61.2 Å². The second-order valence-electron chi connectivity index (χ2n) is 5.43. The van der Waals surface area contributed by atoms with Crippen molar-refractivity contribution in [1.29, 1.82) is 0 Å². The van der Waals surface area contributed by atoms with Gasteiger partial charge in [0.05, 0.1) is 5.25 Å². The summed E-state index contributed by atoms with van der Waals surface area (Å²) in [6.07, 6.45) is 2.39. The van der Waals surface area contributed by atoms with E-state index in [4.69, 9.17) is 12.2 Å². The molecule has 1 saturated heterocycles. The van der Waals surface area contributed by atoms with E-state index in [0.29, 0.717) is 0 Å². The number of nitrogens with zero attached hydrogens (tertiary/aromatic N) is 1. The number of hydrogen-bond donors (Lipinski definition) is 0. The Hall–Kier alpha value is -0.870. The van der Waals surface area contributed by atoms with Crippen molar-refractivity contribution in [2.24, 2.45) is 5.92 Å². The predicted octanol–water partition coefficient (Wildman–Crippen LogP) is 4.01. The fourth-order valence-electron chi connectivity index (χ4n) is 2.31. The van der Waals surface area contributed by atoms with Crippen LogP contribution in [0.25, 0.3) is 0 Å². The summed E-state index contributed by atoms with van der Waals surface area (Å²) in [5, 5.41) is -0.121. The molecule has 1 aromatic rings. The quantitative estimate of drug-likeness (QED) is 0.621. The number of carbonyl (C=O) groups is 1. The number of thioether (sulfide) groups is 1. The summed E-state index contributed by atoms with van der Waals surface area (Å²) < 4.78 is 0.869. The molecule has 0 N–H and O–H groups in total. The zero-order valence-electron chi connectivity index (χ0n) is 12.0. The van der Waals surface area contributed by atoms with Gasteiger partial charge in [-0.2, -0.15) is 0 Å². The van der Waals surface area contributed by atoms with E-state index < -0.39 is 0 Å². The van der Waals surface area contributed by atoms with Crippen LogP contribution in [0, 0.1) is 5.92 Å². The molecule has 0 radical (unpaired) electrons. The standard InChI is InChI=1S/C16H21NOS2/c1-12-8-10-17(11-9-12)16(19)20-13(2)15(18)14-6-4-3-5-7-14/h3-7,12-13H,8-11H2,1-2H3. The van der Waals surface area contributed by atoms with Gasteiger partial charge in [0.1, 0.15) is 4.32 Å². The fraction of sp³-hybridized carbons (Fsp3) is 0.500. The van der Waals surface area contributed by atoms with Crippen LogP contribution in [0.3, 0.4) is 0 Å². The molecule has 0 aromatic heterocycles.